The highest BCUT2D eigenvalue weighted by Crippen LogP contribution is 2.32. The smallest absolute Gasteiger partial charge is 0.242 e. The fourth-order valence-electron chi connectivity index (χ4n) is 2.20. The summed E-state index contributed by atoms with van der Waals surface area (Å²) < 4.78 is 40.0. The third kappa shape index (κ3) is 2.89. The molecule has 1 fully saturated rings. The van der Waals surface area contributed by atoms with Crippen molar-refractivity contribution in [2.75, 3.05) is 5.33 Å². The second-order valence-corrected chi connectivity index (χ2v) is 6.81. The molecule has 1 saturated carbocycles. The third-order valence-corrected chi connectivity index (χ3v) is 5.78. The molecule has 0 amide bonds. The third-order valence-electron chi connectivity index (χ3n) is 3.16. The molecule has 2 rings (SSSR count). The van der Waals surface area contributed by atoms with Gasteiger partial charge < -0.3 is 0 Å². The topological polar surface area (TPSA) is 59.1 Å². The molecular formula is C11H14BrFN2O2S. The number of nitrogens with zero attached hydrogens (tertiary/aromatic N) is 1. The molecule has 1 N–H and O–H groups in total. The summed E-state index contributed by atoms with van der Waals surface area (Å²) >= 11 is 3.36. The molecule has 0 aliphatic heterocycles. The van der Waals surface area contributed by atoms with Crippen LogP contribution < -0.4 is 4.72 Å². The molecule has 1 aliphatic rings. The van der Waals surface area contributed by atoms with Crippen LogP contribution in [0.1, 0.15) is 25.7 Å². The van der Waals surface area contributed by atoms with Gasteiger partial charge in [0.1, 0.15) is 10.7 Å². The van der Waals surface area contributed by atoms with Crippen molar-refractivity contribution >= 4 is 26.0 Å². The minimum Gasteiger partial charge on any atom is -0.260 e. The van der Waals surface area contributed by atoms with E-state index in [1.54, 1.807) is 0 Å². The fraction of sp³-hybridized carbons (Fsp3) is 0.545. The van der Waals surface area contributed by atoms with E-state index in [9.17, 15) is 12.8 Å². The van der Waals surface area contributed by atoms with Crippen molar-refractivity contribution in [3.8, 4) is 0 Å². The van der Waals surface area contributed by atoms with Crippen LogP contribution in [0.15, 0.2) is 23.4 Å². The normalized spacial score (nSPS) is 19.0. The monoisotopic (exact) mass is 336 g/mol. The van der Waals surface area contributed by atoms with Gasteiger partial charge in [-0.05, 0) is 18.9 Å². The van der Waals surface area contributed by atoms with Crippen LogP contribution in [0.25, 0.3) is 0 Å². The summed E-state index contributed by atoms with van der Waals surface area (Å²) in [6, 6.07) is 0.978. The maximum atomic E-state index is 13.0. The number of halogens is 2. The van der Waals surface area contributed by atoms with Crippen molar-refractivity contribution in [1.82, 2.24) is 9.71 Å². The van der Waals surface area contributed by atoms with Crippen LogP contribution in [-0.2, 0) is 10.0 Å². The second-order valence-electron chi connectivity index (χ2n) is 4.57. The lowest BCUT2D eigenvalue weighted by atomic mass is 10.0. The molecule has 0 radical (unpaired) electrons. The second kappa shape index (κ2) is 5.22. The van der Waals surface area contributed by atoms with E-state index in [1.807, 2.05) is 0 Å². The quantitative estimate of drug-likeness (QED) is 0.857. The van der Waals surface area contributed by atoms with Crippen LogP contribution in [0.5, 0.6) is 0 Å². The average Bonchev–Trinajstić information content (AvgIpc) is 2.77. The largest absolute Gasteiger partial charge is 0.260 e. The van der Waals surface area contributed by atoms with Crippen molar-refractivity contribution in [2.24, 2.45) is 0 Å². The number of rotatable bonds is 4. The first-order valence-corrected chi connectivity index (χ1v) is 8.28. The van der Waals surface area contributed by atoms with Crippen LogP contribution in [0.3, 0.4) is 0 Å². The van der Waals surface area contributed by atoms with Gasteiger partial charge in [-0.1, -0.05) is 28.8 Å². The van der Waals surface area contributed by atoms with E-state index >= 15 is 0 Å². The molecule has 7 heteroatoms. The molecule has 0 bridgehead atoms. The summed E-state index contributed by atoms with van der Waals surface area (Å²) in [5.74, 6) is -0.655. The van der Waals surface area contributed by atoms with Gasteiger partial charge in [0, 0.05) is 17.1 Å². The molecule has 0 unspecified atom stereocenters. The number of hydrogen-bond acceptors (Lipinski definition) is 3. The Hall–Kier alpha value is -0.530. The SMILES string of the molecule is O=S(=O)(NC1(CBr)CCCC1)c1cncc(F)c1. The highest BCUT2D eigenvalue weighted by atomic mass is 79.9. The van der Waals surface area contributed by atoms with Crippen LogP contribution >= 0.6 is 15.9 Å². The molecule has 18 heavy (non-hydrogen) atoms. The Morgan fingerprint density at radius 2 is 2.06 bits per heavy atom. The van der Waals surface area contributed by atoms with Crippen LogP contribution in [0, 0.1) is 5.82 Å². The van der Waals surface area contributed by atoms with E-state index in [4.69, 9.17) is 0 Å². The first kappa shape index (κ1) is 13.9. The molecule has 1 aromatic rings. The minimum absolute atomic E-state index is 0.130. The van der Waals surface area contributed by atoms with Crippen LogP contribution in [0.4, 0.5) is 4.39 Å². The van der Waals surface area contributed by atoms with Gasteiger partial charge in [0.05, 0.1) is 6.20 Å². The minimum atomic E-state index is -3.72. The van der Waals surface area contributed by atoms with E-state index < -0.39 is 21.4 Å². The molecule has 0 aromatic carbocycles. The Labute approximate surface area is 114 Å². The highest BCUT2D eigenvalue weighted by Gasteiger charge is 2.37. The maximum Gasteiger partial charge on any atom is 0.242 e. The summed E-state index contributed by atoms with van der Waals surface area (Å²) in [4.78, 5) is 3.44. The Balaban J connectivity index is 2.27. The molecular weight excluding hydrogens is 323 g/mol. The lowest BCUT2D eigenvalue weighted by Gasteiger charge is -2.27. The van der Waals surface area contributed by atoms with Crippen molar-refractivity contribution in [3.05, 3.63) is 24.3 Å². The van der Waals surface area contributed by atoms with Crippen molar-refractivity contribution < 1.29 is 12.8 Å². The number of aromatic nitrogens is 1. The van der Waals surface area contributed by atoms with Gasteiger partial charge in [-0.3, -0.25) is 4.98 Å². The molecule has 0 saturated heterocycles. The van der Waals surface area contributed by atoms with Crippen LogP contribution in [-0.4, -0.2) is 24.3 Å². The predicted octanol–water partition coefficient (Wildman–Crippen LogP) is 2.21. The number of pyridine rings is 1. The van der Waals surface area contributed by atoms with Gasteiger partial charge in [0.15, 0.2) is 0 Å². The summed E-state index contributed by atoms with van der Waals surface area (Å²) in [5, 5.41) is 0.558. The van der Waals surface area contributed by atoms with E-state index in [2.05, 4.69) is 25.6 Å². The fourth-order valence-corrected chi connectivity index (χ4v) is 4.52. The zero-order chi connectivity index (χ0) is 13.2. The predicted molar refractivity (Wildman–Crippen MR) is 69.5 cm³/mol. The molecule has 100 valence electrons. The van der Waals surface area contributed by atoms with Crippen molar-refractivity contribution in [2.45, 2.75) is 36.1 Å². The number of hydrogen-bond donors (Lipinski definition) is 1. The van der Waals surface area contributed by atoms with Gasteiger partial charge in [0.25, 0.3) is 0 Å². The van der Waals surface area contributed by atoms with E-state index in [-0.39, 0.29) is 4.90 Å². The van der Waals surface area contributed by atoms with Gasteiger partial charge in [-0.15, -0.1) is 0 Å². The molecule has 0 atom stereocenters. The van der Waals surface area contributed by atoms with Gasteiger partial charge in [0.2, 0.25) is 10.0 Å². The molecule has 1 aliphatic carbocycles. The average molecular weight is 337 g/mol. The lowest BCUT2D eigenvalue weighted by Crippen LogP contribution is -2.47. The van der Waals surface area contributed by atoms with Crippen molar-refractivity contribution in [1.29, 1.82) is 0 Å². The Morgan fingerprint density at radius 1 is 1.39 bits per heavy atom. The van der Waals surface area contributed by atoms with Gasteiger partial charge >= 0.3 is 0 Å². The van der Waals surface area contributed by atoms with Gasteiger partial charge in [-0.2, -0.15) is 0 Å². The Kier molecular flexibility index (Phi) is 4.03. The number of alkyl halides is 1. The summed E-state index contributed by atoms with van der Waals surface area (Å²) in [5.41, 5.74) is -0.453. The zero-order valence-electron chi connectivity index (χ0n) is 9.70. The van der Waals surface area contributed by atoms with E-state index in [1.165, 1.54) is 0 Å². The van der Waals surface area contributed by atoms with Crippen LogP contribution in [0.2, 0.25) is 0 Å². The Morgan fingerprint density at radius 3 is 2.61 bits per heavy atom. The lowest BCUT2D eigenvalue weighted by molar-refractivity contribution is 0.437. The molecule has 1 aromatic heterocycles. The summed E-state index contributed by atoms with van der Waals surface area (Å²) in [6.45, 7) is 0. The van der Waals surface area contributed by atoms with E-state index in [0.717, 1.165) is 44.1 Å². The number of sulfonamides is 1. The molecule has 4 nitrogen and oxygen atoms in total. The number of nitrogens with one attached hydrogen (secondary N) is 1. The molecule has 0 spiro atoms. The van der Waals surface area contributed by atoms with Gasteiger partial charge in [-0.25, -0.2) is 17.5 Å². The summed E-state index contributed by atoms with van der Waals surface area (Å²) in [6.07, 6.45) is 5.71. The first-order valence-electron chi connectivity index (χ1n) is 5.68. The van der Waals surface area contributed by atoms with E-state index in [0.29, 0.717) is 5.33 Å². The standard InChI is InChI=1S/C11H14BrFN2O2S/c12-8-11(3-1-2-4-11)15-18(16,17)10-5-9(13)6-14-7-10/h5-7,15H,1-4,8H2. The van der Waals surface area contributed by atoms with Crippen molar-refractivity contribution in [3.63, 3.8) is 0 Å². The molecule has 1 heterocycles. The first-order chi connectivity index (χ1) is 8.47. The maximum absolute atomic E-state index is 13.0. The Bertz CT molecular complexity index is 530. The summed E-state index contributed by atoms with van der Waals surface area (Å²) in [7, 11) is -3.72. The highest BCUT2D eigenvalue weighted by molar-refractivity contribution is 9.09. The zero-order valence-corrected chi connectivity index (χ0v) is 12.1.